The molecule has 1 aromatic carbocycles. The number of para-hydroxylation sites is 1. The molecule has 2 rings (SSSR count). The Morgan fingerprint density at radius 2 is 2.30 bits per heavy atom. The summed E-state index contributed by atoms with van der Waals surface area (Å²) in [4.78, 5) is 28.5. The topological polar surface area (TPSA) is 105 Å². The lowest BCUT2D eigenvalue weighted by Gasteiger charge is -2.29. The van der Waals surface area contributed by atoms with Gasteiger partial charge in [0.25, 0.3) is 5.69 Å². The fourth-order valence-corrected chi connectivity index (χ4v) is 2.54. The number of benzene rings is 1. The lowest BCUT2D eigenvalue weighted by molar-refractivity contribution is -0.385. The molecule has 1 atom stereocenters. The summed E-state index contributed by atoms with van der Waals surface area (Å²) in [5.41, 5.74) is 0.349. The number of nitro benzene ring substituents is 1. The second kappa shape index (κ2) is 8.23. The third kappa shape index (κ3) is 5.03. The Kier molecular flexibility index (Phi) is 6.04. The number of likely N-dealkylation sites (tertiary alicyclic amines) is 1. The molecule has 1 fully saturated rings. The number of aliphatic carboxylic acids is 1. The van der Waals surface area contributed by atoms with E-state index in [4.69, 9.17) is 9.94 Å². The van der Waals surface area contributed by atoms with Crippen molar-refractivity contribution in [3.63, 3.8) is 0 Å². The van der Waals surface area contributed by atoms with Gasteiger partial charge in [0, 0.05) is 19.2 Å². The maximum atomic E-state index is 11.0. The summed E-state index contributed by atoms with van der Waals surface area (Å²) in [5, 5.41) is 23.6. The van der Waals surface area contributed by atoms with E-state index in [9.17, 15) is 14.9 Å². The van der Waals surface area contributed by atoms with Crippen LogP contribution < -0.4 is 0 Å². The molecule has 0 amide bonds. The molecule has 8 heteroatoms. The number of nitrogens with zero attached hydrogens (tertiary/aromatic N) is 3. The Morgan fingerprint density at radius 3 is 3.04 bits per heavy atom. The summed E-state index contributed by atoms with van der Waals surface area (Å²) in [7, 11) is 0. The SMILES string of the molecule is O=C(O)C1CCCN(CCO/N=C/c2ccccc2[N+](=O)[O-])C1. The molecule has 1 saturated heterocycles. The number of hydrogen-bond acceptors (Lipinski definition) is 6. The van der Waals surface area contributed by atoms with E-state index < -0.39 is 10.9 Å². The second-order valence-electron chi connectivity index (χ2n) is 5.36. The molecule has 124 valence electrons. The van der Waals surface area contributed by atoms with E-state index >= 15 is 0 Å². The fourth-order valence-electron chi connectivity index (χ4n) is 2.54. The fraction of sp³-hybridized carbons (Fsp3) is 0.467. The predicted molar refractivity (Wildman–Crippen MR) is 83.4 cm³/mol. The Hall–Kier alpha value is -2.48. The van der Waals surface area contributed by atoms with Gasteiger partial charge in [-0.3, -0.25) is 19.8 Å². The molecule has 1 aliphatic rings. The highest BCUT2D eigenvalue weighted by Gasteiger charge is 2.24. The zero-order valence-corrected chi connectivity index (χ0v) is 12.6. The summed E-state index contributed by atoms with van der Waals surface area (Å²) in [5.74, 6) is -1.08. The van der Waals surface area contributed by atoms with Crippen molar-refractivity contribution in [2.24, 2.45) is 11.1 Å². The van der Waals surface area contributed by atoms with Crippen LogP contribution in [0.4, 0.5) is 5.69 Å². The predicted octanol–water partition coefficient (Wildman–Crippen LogP) is 1.74. The first kappa shape index (κ1) is 16.9. The van der Waals surface area contributed by atoms with Crippen LogP contribution in [0.25, 0.3) is 0 Å². The van der Waals surface area contributed by atoms with Crippen LogP contribution >= 0.6 is 0 Å². The van der Waals surface area contributed by atoms with Crippen molar-refractivity contribution in [1.82, 2.24) is 4.90 Å². The molecule has 1 N–H and O–H groups in total. The van der Waals surface area contributed by atoms with Gasteiger partial charge in [0.1, 0.15) is 6.61 Å². The van der Waals surface area contributed by atoms with Gasteiger partial charge in [-0.1, -0.05) is 17.3 Å². The van der Waals surface area contributed by atoms with Crippen LogP contribution in [0, 0.1) is 16.0 Å². The number of nitro groups is 1. The van der Waals surface area contributed by atoms with E-state index in [1.807, 2.05) is 4.90 Å². The normalized spacial score (nSPS) is 18.9. The molecule has 0 bridgehead atoms. The monoisotopic (exact) mass is 321 g/mol. The molecule has 0 spiro atoms. The highest BCUT2D eigenvalue weighted by Crippen LogP contribution is 2.16. The standard InChI is InChI=1S/C15H19N3O5/c19-15(20)13-5-3-7-17(11-13)8-9-23-16-10-12-4-1-2-6-14(12)18(21)22/h1-2,4,6,10,13H,3,5,7-9,11H2,(H,19,20)/b16-10+. The molecule has 0 aliphatic carbocycles. The van der Waals surface area contributed by atoms with Crippen molar-refractivity contribution in [3.05, 3.63) is 39.9 Å². The largest absolute Gasteiger partial charge is 0.481 e. The second-order valence-corrected chi connectivity index (χ2v) is 5.36. The summed E-state index contributed by atoms with van der Waals surface area (Å²) in [6.07, 6.45) is 2.88. The first-order valence-corrected chi connectivity index (χ1v) is 7.42. The number of rotatable bonds is 7. The lowest BCUT2D eigenvalue weighted by atomic mass is 9.98. The molecule has 1 heterocycles. The van der Waals surface area contributed by atoms with Crippen molar-refractivity contribution in [3.8, 4) is 0 Å². The van der Waals surface area contributed by atoms with Crippen LogP contribution in [-0.2, 0) is 9.63 Å². The van der Waals surface area contributed by atoms with Gasteiger partial charge in [0.15, 0.2) is 0 Å². The van der Waals surface area contributed by atoms with E-state index in [0.717, 1.165) is 13.0 Å². The third-order valence-corrected chi connectivity index (χ3v) is 3.75. The molecule has 23 heavy (non-hydrogen) atoms. The van der Waals surface area contributed by atoms with Crippen LogP contribution in [0.15, 0.2) is 29.4 Å². The van der Waals surface area contributed by atoms with Crippen molar-refractivity contribution < 1.29 is 19.7 Å². The zero-order chi connectivity index (χ0) is 16.7. The molecular formula is C15H19N3O5. The summed E-state index contributed by atoms with van der Waals surface area (Å²) in [6.45, 7) is 2.26. The van der Waals surface area contributed by atoms with Gasteiger partial charge < -0.3 is 9.94 Å². The van der Waals surface area contributed by atoms with Crippen molar-refractivity contribution >= 4 is 17.9 Å². The minimum atomic E-state index is -0.759. The number of carboxylic acid groups (broad SMARTS) is 1. The van der Waals surface area contributed by atoms with Crippen LogP contribution in [0.3, 0.4) is 0 Å². The van der Waals surface area contributed by atoms with Crippen LogP contribution in [-0.4, -0.2) is 53.4 Å². The van der Waals surface area contributed by atoms with Gasteiger partial charge in [-0.25, -0.2) is 0 Å². The van der Waals surface area contributed by atoms with Gasteiger partial charge in [0.2, 0.25) is 0 Å². The van der Waals surface area contributed by atoms with E-state index in [1.54, 1.807) is 18.2 Å². The van der Waals surface area contributed by atoms with Crippen molar-refractivity contribution in [1.29, 1.82) is 0 Å². The summed E-state index contributed by atoms with van der Waals surface area (Å²) >= 11 is 0. The summed E-state index contributed by atoms with van der Waals surface area (Å²) in [6, 6.07) is 6.27. The number of carbonyl (C=O) groups is 1. The minimum absolute atomic E-state index is 0.0276. The maximum Gasteiger partial charge on any atom is 0.307 e. The summed E-state index contributed by atoms with van der Waals surface area (Å²) < 4.78 is 0. The Balaban J connectivity index is 1.77. The van der Waals surface area contributed by atoms with Gasteiger partial charge in [-0.2, -0.15) is 0 Å². The number of oxime groups is 1. The Labute approximate surface area is 133 Å². The van der Waals surface area contributed by atoms with Crippen molar-refractivity contribution in [2.75, 3.05) is 26.2 Å². The Bertz CT molecular complexity index is 590. The van der Waals surface area contributed by atoms with Crippen molar-refractivity contribution in [2.45, 2.75) is 12.8 Å². The quantitative estimate of drug-likeness (QED) is 0.355. The smallest absolute Gasteiger partial charge is 0.307 e. The van der Waals surface area contributed by atoms with E-state index in [0.29, 0.717) is 31.7 Å². The minimum Gasteiger partial charge on any atom is -0.481 e. The average molecular weight is 321 g/mol. The maximum absolute atomic E-state index is 11.0. The van der Waals surface area contributed by atoms with Crippen LogP contribution in [0.1, 0.15) is 18.4 Å². The third-order valence-electron chi connectivity index (χ3n) is 3.75. The number of piperidine rings is 1. The number of hydrogen-bond donors (Lipinski definition) is 1. The Morgan fingerprint density at radius 1 is 1.52 bits per heavy atom. The van der Waals surface area contributed by atoms with E-state index in [-0.39, 0.29) is 11.6 Å². The highest BCUT2D eigenvalue weighted by molar-refractivity contribution is 5.84. The number of carboxylic acids is 1. The van der Waals surface area contributed by atoms with Crippen LogP contribution in [0.2, 0.25) is 0 Å². The first-order chi connectivity index (χ1) is 11.1. The van der Waals surface area contributed by atoms with Crippen LogP contribution in [0.5, 0.6) is 0 Å². The van der Waals surface area contributed by atoms with E-state index in [1.165, 1.54) is 12.3 Å². The van der Waals surface area contributed by atoms with Gasteiger partial charge in [-0.05, 0) is 25.5 Å². The van der Waals surface area contributed by atoms with E-state index in [2.05, 4.69) is 5.16 Å². The molecular weight excluding hydrogens is 302 g/mol. The van der Waals surface area contributed by atoms with Gasteiger partial charge in [0.05, 0.1) is 22.6 Å². The molecule has 0 aromatic heterocycles. The molecule has 1 aliphatic heterocycles. The molecule has 1 unspecified atom stereocenters. The average Bonchev–Trinajstić information content (AvgIpc) is 2.55. The lowest BCUT2D eigenvalue weighted by Crippen LogP contribution is -2.40. The highest BCUT2D eigenvalue weighted by atomic mass is 16.6. The van der Waals surface area contributed by atoms with Gasteiger partial charge >= 0.3 is 5.97 Å². The first-order valence-electron chi connectivity index (χ1n) is 7.42. The molecule has 1 aromatic rings. The zero-order valence-electron chi connectivity index (χ0n) is 12.6. The van der Waals surface area contributed by atoms with Gasteiger partial charge in [-0.15, -0.1) is 0 Å². The molecule has 0 saturated carbocycles. The molecule has 0 radical (unpaired) electrons. The molecule has 8 nitrogen and oxygen atoms in total.